The number of carbonyl (C=O) groups excluding carboxylic acids is 2. The van der Waals surface area contributed by atoms with E-state index in [1.165, 1.54) is 45.6 Å². The predicted molar refractivity (Wildman–Crippen MR) is 135 cm³/mol. The van der Waals surface area contributed by atoms with Crippen LogP contribution in [0.4, 0.5) is 5.13 Å². The van der Waals surface area contributed by atoms with Gasteiger partial charge in [-0.15, -0.1) is 21.5 Å². The second-order valence-electron chi connectivity index (χ2n) is 7.56. The molecule has 0 aliphatic carbocycles. The lowest BCUT2D eigenvalue weighted by Crippen LogP contribution is -2.30. The zero-order chi connectivity index (χ0) is 24.7. The minimum Gasteiger partial charge on any atom is -0.503 e. The number of ketones is 1. The minimum absolute atomic E-state index is 0.0721. The first kappa shape index (κ1) is 23.7. The van der Waals surface area contributed by atoms with Crippen LogP contribution in [0.15, 0.2) is 62.8 Å². The van der Waals surface area contributed by atoms with Crippen LogP contribution in [-0.4, -0.2) is 32.0 Å². The number of aryl methyl sites for hydroxylation is 2. The number of furan rings is 1. The fraction of sp³-hybridized carbons (Fsp3) is 0.174. The molecule has 0 saturated carbocycles. The molecule has 5 rings (SSSR count). The summed E-state index contributed by atoms with van der Waals surface area (Å²) in [6.07, 6.45) is 1.45. The van der Waals surface area contributed by atoms with Crippen molar-refractivity contribution in [1.29, 1.82) is 0 Å². The lowest BCUT2D eigenvalue weighted by Gasteiger charge is -2.21. The van der Waals surface area contributed by atoms with E-state index in [9.17, 15) is 14.7 Å². The molecular weight excluding hydrogens is 528 g/mol. The molecule has 0 radical (unpaired) electrons. The van der Waals surface area contributed by atoms with Crippen molar-refractivity contribution in [3.63, 3.8) is 0 Å². The number of hydrogen-bond donors (Lipinski definition) is 1. The summed E-state index contributed by atoms with van der Waals surface area (Å²) in [6.45, 7) is 3.51. The highest BCUT2D eigenvalue weighted by Crippen LogP contribution is 2.44. The van der Waals surface area contributed by atoms with Crippen molar-refractivity contribution >= 4 is 62.9 Å². The van der Waals surface area contributed by atoms with Gasteiger partial charge in [0.15, 0.2) is 10.1 Å². The number of aliphatic hydroxyl groups excluding tert-OH is 1. The monoisotopic (exact) mass is 544 g/mol. The van der Waals surface area contributed by atoms with Crippen molar-refractivity contribution < 1.29 is 19.1 Å². The zero-order valence-electron chi connectivity index (χ0n) is 18.4. The molecule has 35 heavy (non-hydrogen) atoms. The van der Waals surface area contributed by atoms with Gasteiger partial charge < -0.3 is 9.52 Å². The fourth-order valence-electron chi connectivity index (χ4n) is 3.73. The van der Waals surface area contributed by atoms with Gasteiger partial charge >= 0.3 is 0 Å². The topological polar surface area (TPSA) is 109 Å². The molecule has 0 fully saturated rings. The van der Waals surface area contributed by atoms with E-state index in [-0.39, 0.29) is 10.7 Å². The number of thiazole rings is 1. The van der Waals surface area contributed by atoms with Gasteiger partial charge in [0, 0.05) is 10.8 Å². The summed E-state index contributed by atoms with van der Waals surface area (Å²) in [5.41, 5.74) is 1.41. The summed E-state index contributed by atoms with van der Waals surface area (Å²) in [5, 5.41) is 20.8. The molecule has 4 aromatic rings. The van der Waals surface area contributed by atoms with Gasteiger partial charge in [0.25, 0.3) is 5.91 Å². The smallest absolute Gasteiger partial charge is 0.296 e. The zero-order valence-corrected chi connectivity index (χ0v) is 21.6. The Balaban J connectivity index is 1.48. The third kappa shape index (κ3) is 4.40. The lowest BCUT2D eigenvalue weighted by atomic mass is 10.00. The van der Waals surface area contributed by atoms with Gasteiger partial charge in [0.05, 0.1) is 27.4 Å². The molecule has 1 amide bonds. The number of Topliss-reactive ketones (excluding diaryl/α,β-unsaturated/α-hetero) is 1. The van der Waals surface area contributed by atoms with E-state index in [2.05, 4.69) is 15.2 Å². The van der Waals surface area contributed by atoms with Crippen molar-refractivity contribution in [1.82, 2.24) is 15.2 Å². The molecule has 8 nitrogen and oxygen atoms in total. The van der Waals surface area contributed by atoms with Gasteiger partial charge in [0.2, 0.25) is 10.9 Å². The Hall–Kier alpha value is -2.99. The van der Waals surface area contributed by atoms with Crippen molar-refractivity contribution in [3.05, 3.63) is 85.9 Å². The number of anilines is 1. The Morgan fingerprint density at radius 2 is 2.00 bits per heavy atom. The van der Waals surface area contributed by atoms with Gasteiger partial charge in [-0.25, -0.2) is 4.98 Å². The van der Waals surface area contributed by atoms with E-state index in [0.717, 1.165) is 5.56 Å². The number of aromatic nitrogens is 3. The quantitative estimate of drug-likeness (QED) is 0.173. The predicted octanol–water partition coefficient (Wildman–Crippen LogP) is 5.93. The fourth-order valence-corrected chi connectivity index (χ4v) is 6.76. The number of aliphatic hydroxyl groups is 1. The highest BCUT2D eigenvalue weighted by molar-refractivity contribution is 8.00. The summed E-state index contributed by atoms with van der Waals surface area (Å²) >= 11 is 10.1. The van der Waals surface area contributed by atoms with Crippen LogP contribution >= 0.6 is 46.0 Å². The molecule has 0 bridgehead atoms. The Kier molecular flexibility index (Phi) is 6.49. The molecule has 12 heteroatoms. The van der Waals surface area contributed by atoms with Crippen LogP contribution in [0.2, 0.25) is 5.02 Å². The van der Waals surface area contributed by atoms with Crippen LogP contribution < -0.4 is 4.90 Å². The van der Waals surface area contributed by atoms with Crippen molar-refractivity contribution in [2.24, 2.45) is 0 Å². The molecule has 0 saturated heterocycles. The molecule has 3 aromatic heterocycles. The molecule has 1 unspecified atom stereocenters. The summed E-state index contributed by atoms with van der Waals surface area (Å²) in [4.78, 5) is 32.6. The normalized spacial score (nSPS) is 15.9. The van der Waals surface area contributed by atoms with Gasteiger partial charge in [-0.2, -0.15) is 0 Å². The summed E-state index contributed by atoms with van der Waals surface area (Å²) < 4.78 is 6.19. The largest absolute Gasteiger partial charge is 0.503 e. The summed E-state index contributed by atoms with van der Waals surface area (Å²) in [7, 11) is 0. The number of nitrogens with zero attached hydrogens (tertiary/aromatic N) is 4. The average Bonchev–Trinajstić information content (AvgIpc) is 3.61. The van der Waals surface area contributed by atoms with Gasteiger partial charge in [-0.1, -0.05) is 52.9 Å². The summed E-state index contributed by atoms with van der Waals surface area (Å²) in [5.74, 6) is -0.957. The van der Waals surface area contributed by atoms with Crippen LogP contribution in [-0.2, 0) is 10.5 Å². The van der Waals surface area contributed by atoms with Crippen molar-refractivity contribution in [2.45, 2.75) is 30.0 Å². The lowest BCUT2D eigenvalue weighted by molar-refractivity contribution is -0.117. The van der Waals surface area contributed by atoms with Crippen LogP contribution in [0, 0.1) is 13.8 Å². The number of hydrogen-bond acceptors (Lipinski definition) is 10. The van der Waals surface area contributed by atoms with E-state index in [0.29, 0.717) is 36.5 Å². The number of benzene rings is 1. The maximum absolute atomic E-state index is 13.5. The highest BCUT2D eigenvalue weighted by Gasteiger charge is 2.48. The van der Waals surface area contributed by atoms with Crippen molar-refractivity contribution in [3.8, 4) is 0 Å². The Bertz CT molecular complexity index is 1460. The second-order valence-corrected chi connectivity index (χ2v) is 11.4. The van der Waals surface area contributed by atoms with Crippen LogP contribution in [0.25, 0.3) is 0 Å². The number of rotatable bonds is 7. The maximum atomic E-state index is 13.5. The van der Waals surface area contributed by atoms with E-state index in [1.807, 2.05) is 24.3 Å². The molecule has 1 aliphatic heterocycles. The molecule has 0 spiro atoms. The highest BCUT2D eigenvalue weighted by atomic mass is 35.5. The molecule has 4 heterocycles. The van der Waals surface area contributed by atoms with Crippen LogP contribution in [0.5, 0.6) is 0 Å². The standard InChI is InChI=1S/C23H17ClN4O4S3/c1-11-20(34-12(2)25-11)18(29)16-17(15-8-5-9-32-15)28(21(31)19(16)30)22-26-27-23(35-22)33-10-13-6-3-4-7-14(13)24/h3-9,17,30H,10H2,1-2H3. The number of halogens is 1. The third-order valence-electron chi connectivity index (χ3n) is 5.29. The Morgan fingerprint density at radius 1 is 1.20 bits per heavy atom. The Morgan fingerprint density at radius 3 is 2.69 bits per heavy atom. The van der Waals surface area contributed by atoms with Crippen molar-refractivity contribution in [2.75, 3.05) is 4.90 Å². The molecule has 1 aromatic carbocycles. The first-order chi connectivity index (χ1) is 16.8. The van der Waals surface area contributed by atoms with Crippen LogP contribution in [0.3, 0.4) is 0 Å². The second kappa shape index (κ2) is 9.57. The van der Waals surface area contributed by atoms with E-state index >= 15 is 0 Å². The maximum Gasteiger partial charge on any atom is 0.296 e. The minimum atomic E-state index is -0.985. The van der Waals surface area contributed by atoms with E-state index < -0.39 is 23.5 Å². The average molecular weight is 545 g/mol. The third-order valence-corrected chi connectivity index (χ3v) is 8.83. The van der Waals surface area contributed by atoms with Gasteiger partial charge in [-0.05, 0) is 37.6 Å². The molecular formula is C23H17ClN4O4S3. The van der Waals surface area contributed by atoms with Gasteiger partial charge in [-0.3, -0.25) is 14.5 Å². The molecule has 1 aliphatic rings. The molecule has 178 valence electrons. The van der Waals surface area contributed by atoms with E-state index in [1.54, 1.807) is 26.0 Å². The SMILES string of the molecule is Cc1nc(C)c(C(=O)C2=C(O)C(=O)N(c3nnc(SCc4ccccc4Cl)s3)C2c2ccco2)s1. The van der Waals surface area contributed by atoms with Crippen LogP contribution in [0.1, 0.15) is 37.7 Å². The first-order valence-corrected chi connectivity index (χ1v) is 13.3. The summed E-state index contributed by atoms with van der Waals surface area (Å²) in [6, 6.07) is 9.83. The molecule has 1 N–H and O–H groups in total. The first-order valence-electron chi connectivity index (χ1n) is 10.3. The van der Waals surface area contributed by atoms with E-state index in [4.69, 9.17) is 16.0 Å². The number of amides is 1. The molecule has 1 atom stereocenters. The Labute approximate surface area is 217 Å². The number of carbonyl (C=O) groups is 2. The number of thioether (sulfide) groups is 1. The van der Waals surface area contributed by atoms with Gasteiger partial charge in [0.1, 0.15) is 11.8 Å².